The first-order chi connectivity index (χ1) is 6.25. The summed E-state index contributed by atoms with van der Waals surface area (Å²) < 4.78 is 5.44. The summed E-state index contributed by atoms with van der Waals surface area (Å²) in [6, 6.07) is 1.89. The van der Waals surface area contributed by atoms with E-state index < -0.39 is 5.97 Å². The Morgan fingerprint density at radius 3 is 2.92 bits per heavy atom. The second-order valence-corrected chi connectivity index (χ2v) is 3.44. The van der Waals surface area contributed by atoms with E-state index >= 15 is 0 Å². The zero-order valence-corrected chi connectivity index (χ0v) is 7.38. The molecular weight excluding hydrogens is 168 g/mol. The summed E-state index contributed by atoms with van der Waals surface area (Å²) in [4.78, 5) is 10.4. The van der Waals surface area contributed by atoms with Crippen molar-refractivity contribution < 1.29 is 14.3 Å². The van der Waals surface area contributed by atoms with Crippen LogP contribution in [-0.4, -0.2) is 11.1 Å². The largest absolute Gasteiger partial charge is 0.481 e. The lowest BCUT2D eigenvalue weighted by molar-refractivity contribution is -0.136. The SMILES string of the molecule is O=C(O)Cc1cc2c(o1)CCCC2. The number of rotatable bonds is 2. The highest BCUT2D eigenvalue weighted by molar-refractivity contribution is 5.69. The summed E-state index contributed by atoms with van der Waals surface area (Å²) in [5.41, 5.74) is 1.21. The zero-order chi connectivity index (χ0) is 9.26. The first-order valence-corrected chi connectivity index (χ1v) is 4.58. The highest BCUT2D eigenvalue weighted by Gasteiger charge is 2.15. The number of carbonyl (C=O) groups is 1. The molecule has 1 aromatic rings. The molecule has 13 heavy (non-hydrogen) atoms. The molecular formula is C10H12O3. The van der Waals surface area contributed by atoms with Crippen molar-refractivity contribution in [1.29, 1.82) is 0 Å². The highest BCUT2D eigenvalue weighted by atomic mass is 16.4. The van der Waals surface area contributed by atoms with Crippen LogP contribution >= 0.6 is 0 Å². The predicted octanol–water partition coefficient (Wildman–Crippen LogP) is 1.79. The first kappa shape index (κ1) is 8.35. The van der Waals surface area contributed by atoms with Gasteiger partial charge < -0.3 is 9.52 Å². The number of carboxylic acids is 1. The fourth-order valence-electron chi connectivity index (χ4n) is 1.79. The van der Waals surface area contributed by atoms with E-state index in [1.807, 2.05) is 6.07 Å². The standard InChI is InChI=1S/C10H12O3/c11-10(12)6-8-5-7-3-1-2-4-9(7)13-8/h5H,1-4,6H2,(H,11,12). The molecule has 0 saturated carbocycles. The van der Waals surface area contributed by atoms with Gasteiger partial charge in [0.2, 0.25) is 0 Å². The molecule has 3 nitrogen and oxygen atoms in total. The van der Waals surface area contributed by atoms with Gasteiger partial charge in [0.25, 0.3) is 0 Å². The Morgan fingerprint density at radius 1 is 1.46 bits per heavy atom. The monoisotopic (exact) mass is 180 g/mol. The Hall–Kier alpha value is -1.25. The molecule has 0 amide bonds. The average molecular weight is 180 g/mol. The van der Waals surface area contributed by atoms with Crippen LogP contribution in [0.4, 0.5) is 0 Å². The normalized spacial score (nSPS) is 15.4. The van der Waals surface area contributed by atoms with E-state index in [0.717, 1.165) is 25.0 Å². The van der Waals surface area contributed by atoms with Gasteiger partial charge in [-0.2, -0.15) is 0 Å². The molecule has 0 aromatic carbocycles. The molecule has 1 aromatic heterocycles. The molecule has 0 bridgehead atoms. The van der Waals surface area contributed by atoms with Crippen molar-refractivity contribution in [2.45, 2.75) is 32.1 Å². The molecule has 0 aliphatic heterocycles. The van der Waals surface area contributed by atoms with Crippen molar-refractivity contribution in [2.24, 2.45) is 0 Å². The predicted molar refractivity (Wildman–Crippen MR) is 46.7 cm³/mol. The van der Waals surface area contributed by atoms with Crippen molar-refractivity contribution in [2.75, 3.05) is 0 Å². The van der Waals surface area contributed by atoms with Crippen LogP contribution in [0.1, 0.15) is 29.9 Å². The fraction of sp³-hybridized carbons (Fsp3) is 0.500. The molecule has 1 aliphatic carbocycles. The molecule has 2 rings (SSSR count). The molecule has 1 heterocycles. The molecule has 0 radical (unpaired) electrons. The molecule has 1 aliphatic rings. The Balaban J connectivity index is 2.20. The molecule has 0 atom stereocenters. The van der Waals surface area contributed by atoms with Crippen LogP contribution in [0.5, 0.6) is 0 Å². The van der Waals surface area contributed by atoms with Crippen LogP contribution in [0.3, 0.4) is 0 Å². The highest BCUT2D eigenvalue weighted by Crippen LogP contribution is 2.24. The minimum atomic E-state index is -0.828. The number of hydrogen-bond acceptors (Lipinski definition) is 2. The molecule has 70 valence electrons. The van der Waals surface area contributed by atoms with Crippen molar-refractivity contribution in [1.82, 2.24) is 0 Å². The van der Waals surface area contributed by atoms with Crippen LogP contribution in [0, 0.1) is 0 Å². The van der Waals surface area contributed by atoms with Crippen LogP contribution in [0.2, 0.25) is 0 Å². The van der Waals surface area contributed by atoms with Gasteiger partial charge in [0, 0.05) is 6.42 Å². The molecule has 0 saturated heterocycles. The van der Waals surface area contributed by atoms with E-state index in [-0.39, 0.29) is 6.42 Å². The van der Waals surface area contributed by atoms with Gasteiger partial charge in [0.05, 0.1) is 0 Å². The van der Waals surface area contributed by atoms with E-state index in [4.69, 9.17) is 9.52 Å². The number of aryl methyl sites for hydroxylation is 2. The summed E-state index contributed by atoms with van der Waals surface area (Å²) in [7, 11) is 0. The Bertz CT molecular complexity index is 301. The Labute approximate surface area is 76.4 Å². The maximum absolute atomic E-state index is 10.4. The van der Waals surface area contributed by atoms with Gasteiger partial charge >= 0.3 is 5.97 Å². The third-order valence-corrected chi connectivity index (χ3v) is 2.37. The van der Waals surface area contributed by atoms with Crippen molar-refractivity contribution in [3.63, 3.8) is 0 Å². The third-order valence-electron chi connectivity index (χ3n) is 2.37. The van der Waals surface area contributed by atoms with Crippen LogP contribution < -0.4 is 0 Å². The average Bonchev–Trinajstić information content (AvgIpc) is 2.44. The number of carboxylic acid groups (broad SMARTS) is 1. The maximum atomic E-state index is 10.4. The van der Waals surface area contributed by atoms with Gasteiger partial charge in [-0.1, -0.05) is 0 Å². The summed E-state index contributed by atoms with van der Waals surface area (Å²) in [6.07, 6.45) is 4.37. The van der Waals surface area contributed by atoms with Gasteiger partial charge in [0.1, 0.15) is 17.9 Å². The maximum Gasteiger partial charge on any atom is 0.311 e. The third kappa shape index (κ3) is 1.74. The van der Waals surface area contributed by atoms with Gasteiger partial charge in [-0.05, 0) is 30.9 Å². The Morgan fingerprint density at radius 2 is 2.23 bits per heavy atom. The van der Waals surface area contributed by atoms with Crippen LogP contribution in [0.15, 0.2) is 10.5 Å². The van der Waals surface area contributed by atoms with Gasteiger partial charge in [0.15, 0.2) is 0 Å². The molecule has 0 spiro atoms. The molecule has 0 fully saturated rings. The van der Waals surface area contributed by atoms with Crippen molar-refractivity contribution in [3.8, 4) is 0 Å². The number of furan rings is 1. The van der Waals surface area contributed by atoms with Crippen molar-refractivity contribution >= 4 is 5.97 Å². The number of fused-ring (bicyclic) bond motifs is 1. The van der Waals surface area contributed by atoms with E-state index in [9.17, 15) is 4.79 Å². The van der Waals surface area contributed by atoms with Gasteiger partial charge in [-0.3, -0.25) is 4.79 Å². The topological polar surface area (TPSA) is 50.4 Å². The minimum Gasteiger partial charge on any atom is -0.481 e. The summed E-state index contributed by atoms with van der Waals surface area (Å²) in [5.74, 6) is 0.771. The second kappa shape index (κ2) is 3.24. The minimum absolute atomic E-state index is 0.00694. The van der Waals surface area contributed by atoms with E-state index in [1.54, 1.807) is 0 Å². The van der Waals surface area contributed by atoms with Gasteiger partial charge in [-0.25, -0.2) is 0 Å². The summed E-state index contributed by atoms with van der Waals surface area (Å²) in [6.45, 7) is 0. The van der Waals surface area contributed by atoms with Crippen LogP contribution in [-0.2, 0) is 24.1 Å². The molecule has 0 unspecified atom stereocenters. The smallest absolute Gasteiger partial charge is 0.311 e. The van der Waals surface area contributed by atoms with E-state index in [1.165, 1.54) is 12.0 Å². The first-order valence-electron chi connectivity index (χ1n) is 4.58. The van der Waals surface area contributed by atoms with E-state index in [0.29, 0.717) is 5.76 Å². The summed E-state index contributed by atoms with van der Waals surface area (Å²) >= 11 is 0. The lowest BCUT2D eigenvalue weighted by Gasteiger charge is -2.07. The second-order valence-electron chi connectivity index (χ2n) is 3.44. The quantitative estimate of drug-likeness (QED) is 0.754. The zero-order valence-electron chi connectivity index (χ0n) is 7.38. The fourth-order valence-corrected chi connectivity index (χ4v) is 1.79. The van der Waals surface area contributed by atoms with Crippen LogP contribution in [0.25, 0.3) is 0 Å². The van der Waals surface area contributed by atoms with Crippen molar-refractivity contribution in [3.05, 3.63) is 23.2 Å². The van der Waals surface area contributed by atoms with E-state index in [2.05, 4.69) is 0 Å². The molecule has 3 heteroatoms. The Kier molecular flexibility index (Phi) is 2.08. The number of hydrogen-bond donors (Lipinski definition) is 1. The molecule has 1 N–H and O–H groups in total. The lowest BCUT2D eigenvalue weighted by Crippen LogP contribution is -1.97. The lowest BCUT2D eigenvalue weighted by atomic mass is 9.99. The number of aliphatic carboxylic acids is 1. The van der Waals surface area contributed by atoms with Gasteiger partial charge in [-0.15, -0.1) is 0 Å². The summed E-state index contributed by atoms with van der Waals surface area (Å²) in [5, 5.41) is 8.57.